The van der Waals surface area contributed by atoms with E-state index < -0.39 is 6.04 Å². The van der Waals surface area contributed by atoms with E-state index in [0.29, 0.717) is 10.6 Å². The van der Waals surface area contributed by atoms with Gasteiger partial charge in [-0.1, -0.05) is 54.1 Å². The number of halogens is 1. The average Bonchev–Trinajstić information content (AvgIpc) is 2.53. The van der Waals surface area contributed by atoms with E-state index in [0.717, 1.165) is 5.56 Å². The molecule has 0 bridgehead atoms. The summed E-state index contributed by atoms with van der Waals surface area (Å²) in [5.41, 5.74) is 0.929. The summed E-state index contributed by atoms with van der Waals surface area (Å²) in [6.45, 7) is 5.76. The molecule has 0 aliphatic carbocycles. The summed E-state index contributed by atoms with van der Waals surface area (Å²) >= 11 is 6.10. The van der Waals surface area contributed by atoms with Crippen molar-refractivity contribution in [1.82, 2.24) is 10.6 Å². The highest BCUT2D eigenvalue weighted by molar-refractivity contribution is 6.33. The van der Waals surface area contributed by atoms with Crippen molar-refractivity contribution in [3.05, 3.63) is 70.7 Å². The van der Waals surface area contributed by atoms with Crippen LogP contribution in [0.25, 0.3) is 0 Å². The van der Waals surface area contributed by atoms with Gasteiger partial charge in [-0.15, -0.1) is 0 Å². The van der Waals surface area contributed by atoms with E-state index in [2.05, 4.69) is 10.6 Å². The van der Waals surface area contributed by atoms with Crippen LogP contribution in [0.5, 0.6) is 0 Å². The number of carbonyl (C=O) groups excluding carboxylic acids is 2. The van der Waals surface area contributed by atoms with Gasteiger partial charge in [0.05, 0.1) is 23.0 Å². The Kier molecular flexibility index (Phi) is 6.21. The minimum Gasteiger partial charge on any atom is -0.351 e. The van der Waals surface area contributed by atoms with Crippen molar-refractivity contribution < 1.29 is 9.59 Å². The Labute approximate surface area is 153 Å². The van der Waals surface area contributed by atoms with Crippen molar-refractivity contribution in [3.8, 4) is 0 Å². The number of benzene rings is 2. The van der Waals surface area contributed by atoms with Crippen LogP contribution in [0.3, 0.4) is 0 Å². The molecule has 25 heavy (non-hydrogen) atoms. The number of amides is 2. The van der Waals surface area contributed by atoms with Gasteiger partial charge in [0.15, 0.2) is 0 Å². The first-order chi connectivity index (χ1) is 11.8. The van der Waals surface area contributed by atoms with Crippen molar-refractivity contribution in [2.45, 2.75) is 38.8 Å². The van der Waals surface area contributed by atoms with Crippen LogP contribution in [0.1, 0.15) is 49.2 Å². The zero-order chi connectivity index (χ0) is 18.4. The summed E-state index contributed by atoms with van der Waals surface area (Å²) in [7, 11) is 0. The molecule has 1 atom stereocenters. The number of hydrogen-bond acceptors (Lipinski definition) is 2. The summed E-state index contributed by atoms with van der Waals surface area (Å²) in [6, 6.07) is 15.9. The normalized spacial score (nSPS) is 12.3. The van der Waals surface area contributed by atoms with Gasteiger partial charge in [-0.3, -0.25) is 9.59 Å². The highest BCUT2D eigenvalue weighted by Gasteiger charge is 2.22. The van der Waals surface area contributed by atoms with Crippen LogP contribution in [0.2, 0.25) is 5.02 Å². The van der Waals surface area contributed by atoms with E-state index in [4.69, 9.17) is 11.6 Å². The van der Waals surface area contributed by atoms with Crippen molar-refractivity contribution in [2.24, 2.45) is 0 Å². The first-order valence-electron chi connectivity index (χ1n) is 8.17. The molecule has 0 aromatic heterocycles. The largest absolute Gasteiger partial charge is 0.351 e. The van der Waals surface area contributed by atoms with Crippen molar-refractivity contribution in [1.29, 1.82) is 0 Å². The highest BCUT2D eigenvalue weighted by Crippen LogP contribution is 2.20. The quantitative estimate of drug-likeness (QED) is 0.844. The molecule has 0 unspecified atom stereocenters. The SMILES string of the molecule is CC(C)(C)NC(=O)C[C@H](NC(=O)c1ccccc1Cl)c1ccccc1. The van der Waals surface area contributed by atoms with Crippen LogP contribution >= 0.6 is 11.6 Å². The molecular weight excluding hydrogens is 336 g/mol. The third kappa shape index (κ3) is 5.91. The molecule has 2 aromatic carbocycles. The molecule has 0 saturated carbocycles. The molecule has 132 valence electrons. The van der Waals surface area contributed by atoms with Gasteiger partial charge < -0.3 is 10.6 Å². The van der Waals surface area contributed by atoms with Crippen molar-refractivity contribution in [3.63, 3.8) is 0 Å². The lowest BCUT2D eigenvalue weighted by atomic mass is 10.0. The topological polar surface area (TPSA) is 58.2 Å². The van der Waals surface area contributed by atoms with Gasteiger partial charge in [0.1, 0.15) is 0 Å². The Bertz CT molecular complexity index is 739. The predicted molar refractivity (Wildman–Crippen MR) is 101 cm³/mol. The molecule has 2 aromatic rings. The minimum atomic E-state index is -0.438. The fraction of sp³-hybridized carbons (Fsp3) is 0.300. The lowest BCUT2D eigenvalue weighted by Gasteiger charge is -2.24. The Morgan fingerprint density at radius 1 is 1.00 bits per heavy atom. The molecule has 2 N–H and O–H groups in total. The number of nitrogens with one attached hydrogen (secondary N) is 2. The molecule has 2 rings (SSSR count). The predicted octanol–water partition coefficient (Wildman–Crippen LogP) is 4.12. The fourth-order valence-electron chi connectivity index (χ4n) is 2.47. The summed E-state index contributed by atoms with van der Waals surface area (Å²) in [5.74, 6) is -0.427. The molecule has 0 aliphatic heterocycles. The third-order valence-corrected chi connectivity index (χ3v) is 3.86. The standard InChI is InChI=1S/C20H23ClN2O2/c1-20(2,3)23-18(24)13-17(14-9-5-4-6-10-14)22-19(25)15-11-7-8-12-16(15)21/h4-12,17H,13H2,1-3H3,(H,22,25)(H,23,24)/t17-/m0/s1. The lowest BCUT2D eigenvalue weighted by molar-refractivity contribution is -0.122. The van der Waals surface area contributed by atoms with Crippen LogP contribution in [0.15, 0.2) is 54.6 Å². The fourth-order valence-corrected chi connectivity index (χ4v) is 2.70. The summed E-state index contributed by atoms with van der Waals surface area (Å²) in [6.07, 6.45) is 0.150. The molecule has 0 radical (unpaired) electrons. The van der Waals surface area contributed by atoms with Crippen LogP contribution in [-0.2, 0) is 4.79 Å². The second-order valence-corrected chi connectivity index (χ2v) is 7.33. The van der Waals surface area contributed by atoms with Crippen LogP contribution in [0, 0.1) is 0 Å². The number of carbonyl (C=O) groups is 2. The van der Waals surface area contributed by atoms with Crippen molar-refractivity contribution in [2.75, 3.05) is 0 Å². The number of hydrogen-bond donors (Lipinski definition) is 2. The smallest absolute Gasteiger partial charge is 0.253 e. The van der Waals surface area contributed by atoms with E-state index in [1.807, 2.05) is 51.1 Å². The molecule has 5 heteroatoms. The molecule has 0 spiro atoms. The van der Waals surface area contributed by atoms with E-state index >= 15 is 0 Å². The van der Waals surface area contributed by atoms with Crippen LogP contribution in [-0.4, -0.2) is 17.4 Å². The lowest BCUT2D eigenvalue weighted by Crippen LogP contribution is -2.42. The molecule has 0 aliphatic rings. The Morgan fingerprint density at radius 3 is 2.20 bits per heavy atom. The first kappa shape index (κ1) is 19.0. The Balaban J connectivity index is 2.19. The second-order valence-electron chi connectivity index (χ2n) is 6.92. The summed E-state index contributed by atoms with van der Waals surface area (Å²) in [4.78, 5) is 24.9. The third-order valence-electron chi connectivity index (χ3n) is 3.53. The maximum Gasteiger partial charge on any atom is 0.253 e. The zero-order valence-corrected chi connectivity index (χ0v) is 15.4. The molecule has 2 amide bonds. The number of rotatable bonds is 5. The molecular formula is C20H23ClN2O2. The average molecular weight is 359 g/mol. The van der Waals surface area contributed by atoms with Gasteiger partial charge in [0.25, 0.3) is 5.91 Å². The van der Waals surface area contributed by atoms with Gasteiger partial charge in [-0.2, -0.15) is 0 Å². The molecule has 0 fully saturated rings. The molecule has 0 saturated heterocycles. The molecule has 0 heterocycles. The monoisotopic (exact) mass is 358 g/mol. The van der Waals surface area contributed by atoms with E-state index in [-0.39, 0.29) is 23.8 Å². The maximum atomic E-state index is 12.6. The Morgan fingerprint density at radius 2 is 1.60 bits per heavy atom. The van der Waals surface area contributed by atoms with Gasteiger partial charge in [-0.25, -0.2) is 0 Å². The van der Waals surface area contributed by atoms with Gasteiger partial charge in [0, 0.05) is 5.54 Å². The van der Waals surface area contributed by atoms with E-state index in [1.54, 1.807) is 24.3 Å². The second kappa shape index (κ2) is 8.17. The maximum absolute atomic E-state index is 12.6. The van der Waals surface area contributed by atoms with Crippen LogP contribution < -0.4 is 10.6 Å². The van der Waals surface area contributed by atoms with E-state index in [1.165, 1.54) is 0 Å². The minimum absolute atomic E-state index is 0.124. The molecule has 4 nitrogen and oxygen atoms in total. The first-order valence-corrected chi connectivity index (χ1v) is 8.55. The van der Waals surface area contributed by atoms with Crippen LogP contribution in [0.4, 0.5) is 0 Å². The van der Waals surface area contributed by atoms with Crippen molar-refractivity contribution >= 4 is 23.4 Å². The highest BCUT2D eigenvalue weighted by atomic mass is 35.5. The zero-order valence-electron chi connectivity index (χ0n) is 14.7. The Hall–Kier alpha value is -2.33. The summed E-state index contributed by atoms with van der Waals surface area (Å²) < 4.78 is 0. The van der Waals surface area contributed by atoms with Gasteiger partial charge >= 0.3 is 0 Å². The van der Waals surface area contributed by atoms with Gasteiger partial charge in [-0.05, 0) is 38.5 Å². The van der Waals surface area contributed by atoms with Gasteiger partial charge in [0.2, 0.25) is 5.91 Å². The van der Waals surface area contributed by atoms with E-state index in [9.17, 15) is 9.59 Å². The summed E-state index contributed by atoms with van der Waals surface area (Å²) in [5, 5.41) is 6.23.